The molecule has 1 saturated heterocycles. The molecule has 188 valence electrons. The smallest absolute Gasteiger partial charge is 0.255 e. The van der Waals surface area contributed by atoms with E-state index in [0.29, 0.717) is 34.2 Å². The number of anilines is 1. The van der Waals surface area contributed by atoms with E-state index in [1.165, 1.54) is 0 Å². The summed E-state index contributed by atoms with van der Waals surface area (Å²) in [5.41, 5.74) is 3.34. The average Bonchev–Trinajstić information content (AvgIpc) is 3.59. The van der Waals surface area contributed by atoms with Crippen molar-refractivity contribution in [2.24, 2.45) is 0 Å². The molecule has 8 nitrogen and oxygen atoms in total. The van der Waals surface area contributed by atoms with Crippen LogP contribution in [0, 0.1) is 6.92 Å². The van der Waals surface area contributed by atoms with Crippen molar-refractivity contribution < 1.29 is 14.0 Å². The molecule has 2 amide bonds. The molecule has 8 heteroatoms. The van der Waals surface area contributed by atoms with Gasteiger partial charge in [0, 0.05) is 18.0 Å². The molecule has 0 radical (unpaired) electrons. The maximum absolute atomic E-state index is 13.3. The number of oxazole rings is 1. The van der Waals surface area contributed by atoms with Crippen LogP contribution in [0.15, 0.2) is 83.5 Å². The van der Waals surface area contributed by atoms with Crippen LogP contribution in [0.25, 0.3) is 11.5 Å². The molecule has 1 atom stereocenters. The van der Waals surface area contributed by atoms with E-state index in [1.54, 1.807) is 24.5 Å². The van der Waals surface area contributed by atoms with Gasteiger partial charge in [-0.1, -0.05) is 36.4 Å². The first-order valence-corrected chi connectivity index (χ1v) is 12.4. The third-order valence-electron chi connectivity index (χ3n) is 6.52. The Hall–Kier alpha value is -4.30. The van der Waals surface area contributed by atoms with Crippen molar-refractivity contribution in [2.75, 3.05) is 18.4 Å². The van der Waals surface area contributed by atoms with Crippen molar-refractivity contribution in [3.05, 3.63) is 102 Å². The van der Waals surface area contributed by atoms with E-state index in [2.05, 4.69) is 25.5 Å². The van der Waals surface area contributed by atoms with Crippen LogP contribution in [0.4, 0.5) is 5.69 Å². The third kappa shape index (κ3) is 5.59. The number of aromatic nitrogens is 2. The number of likely N-dealkylation sites (tertiary alicyclic amines) is 1. The lowest BCUT2D eigenvalue weighted by atomic mass is 10.1. The molecule has 1 fully saturated rings. The molecular formula is C29H29N5O3. The van der Waals surface area contributed by atoms with Crippen LogP contribution in [-0.2, 0) is 11.3 Å². The fourth-order valence-corrected chi connectivity index (χ4v) is 4.60. The van der Waals surface area contributed by atoms with Gasteiger partial charge in [-0.25, -0.2) is 4.98 Å². The number of hydrogen-bond acceptors (Lipinski definition) is 6. The Kier molecular flexibility index (Phi) is 7.37. The van der Waals surface area contributed by atoms with Gasteiger partial charge in [-0.2, -0.15) is 0 Å². The van der Waals surface area contributed by atoms with Crippen LogP contribution in [-0.4, -0.2) is 39.8 Å². The molecule has 0 spiro atoms. The first kappa shape index (κ1) is 24.4. The van der Waals surface area contributed by atoms with Gasteiger partial charge in [0.05, 0.1) is 17.8 Å². The summed E-state index contributed by atoms with van der Waals surface area (Å²) in [6, 6.07) is 19.8. The normalized spacial score (nSPS) is 14.3. The van der Waals surface area contributed by atoms with Gasteiger partial charge >= 0.3 is 0 Å². The number of carbonyl (C=O) groups is 2. The van der Waals surface area contributed by atoms with E-state index in [4.69, 9.17) is 4.42 Å². The quantitative estimate of drug-likeness (QED) is 0.366. The lowest BCUT2D eigenvalue weighted by molar-refractivity contribution is -0.126. The molecular weight excluding hydrogens is 466 g/mol. The van der Waals surface area contributed by atoms with Gasteiger partial charge in [-0.3, -0.25) is 19.5 Å². The molecule has 37 heavy (non-hydrogen) atoms. The number of amides is 2. The standard InChI is InChI=1S/C29H29N5O3/c1-20-25(19-31-28(36)26(34-16-7-8-17-34)22-12-9-15-30-18-22)33-29(37-20)23-13-5-6-14-24(23)32-27(35)21-10-3-2-4-11-21/h2-6,9-15,18,26H,7-8,16-17,19H2,1H3,(H,31,36)(H,32,35). The van der Waals surface area contributed by atoms with Crippen LogP contribution in [0.1, 0.15) is 46.3 Å². The number of para-hydroxylation sites is 1. The SMILES string of the molecule is Cc1oc(-c2ccccc2NC(=O)c2ccccc2)nc1CNC(=O)C(c1cccnc1)N1CCCC1. The Balaban J connectivity index is 1.32. The predicted molar refractivity (Wildman–Crippen MR) is 141 cm³/mol. The Morgan fingerprint density at radius 3 is 2.51 bits per heavy atom. The summed E-state index contributed by atoms with van der Waals surface area (Å²) in [6.45, 7) is 3.82. The second-order valence-electron chi connectivity index (χ2n) is 9.04. The summed E-state index contributed by atoms with van der Waals surface area (Å²) in [5, 5.41) is 6.00. The van der Waals surface area contributed by atoms with Crippen LogP contribution in [0.3, 0.4) is 0 Å². The number of benzene rings is 2. The zero-order valence-electron chi connectivity index (χ0n) is 20.7. The highest BCUT2D eigenvalue weighted by Crippen LogP contribution is 2.30. The highest BCUT2D eigenvalue weighted by molar-refractivity contribution is 6.05. The van der Waals surface area contributed by atoms with E-state index in [1.807, 2.05) is 61.5 Å². The lowest BCUT2D eigenvalue weighted by Gasteiger charge is -2.26. The summed E-state index contributed by atoms with van der Waals surface area (Å²) < 4.78 is 5.97. The van der Waals surface area contributed by atoms with Gasteiger partial charge in [-0.15, -0.1) is 0 Å². The number of carbonyl (C=O) groups excluding carboxylic acids is 2. The number of nitrogens with zero attached hydrogens (tertiary/aromatic N) is 3. The maximum atomic E-state index is 13.3. The predicted octanol–water partition coefficient (Wildman–Crippen LogP) is 4.75. The van der Waals surface area contributed by atoms with Crippen LogP contribution >= 0.6 is 0 Å². The number of nitrogens with one attached hydrogen (secondary N) is 2. The second kappa shape index (κ2) is 11.2. The summed E-state index contributed by atoms with van der Waals surface area (Å²) in [4.78, 5) is 37.1. The fourth-order valence-electron chi connectivity index (χ4n) is 4.60. The van der Waals surface area contributed by atoms with Crippen LogP contribution in [0.2, 0.25) is 0 Å². The van der Waals surface area contributed by atoms with Crippen molar-refractivity contribution >= 4 is 17.5 Å². The van der Waals surface area contributed by atoms with E-state index < -0.39 is 6.04 Å². The summed E-state index contributed by atoms with van der Waals surface area (Å²) in [7, 11) is 0. The highest BCUT2D eigenvalue weighted by Gasteiger charge is 2.30. The minimum absolute atomic E-state index is 0.0885. The third-order valence-corrected chi connectivity index (χ3v) is 6.52. The number of rotatable bonds is 8. The van der Waals surface area contributed by atoms with Crippen molar-refractivity contribution in [3.8, 4) is 11.5 Å². The fraction of sp³-hybridized carbons (Fsp3) is 0.241. The first-order valence-electron chi connectivity index (χ1n) is 12.4. The lowest BCUT2D eigenvalue weighted by Crippen LogP contribution is -2.39. The summed E-state index contributed by atoms with van der Waals surface area (Å²) in [6.07, 6.45) is 5.62. The van der Waals surface area contributed by atoms with Crippen LogP contribution < -0.4 is 10.6 Å². The van der Waals surface area contributed by atoms with Crippen molar-refractivity contribution in [2.45, 2.75) is 32.4 Å². The van der Waals surface area contributed by atoms with Gasteiger partial charge in [0.25, 0.3) is 5.91 Å². The molecule has 1 aliphatic heterocycles. The van der Waals surface area contributed by atoms with Gasteiger partial charge in [0.15, 0.2) is 0 Å². The van der Waals surface area contributed by atoms with E-state index in [0.717, 1.165) is 31.5 Å². The first-order chi connectivity index (χ1) is 18.1. The number of hydrogen-bond donors (Lipinski definition) is 2. The second-order valence-corrected chi connectivity index (χ2v) is 9.04. The van der Waals surface area contributed by atoms with Crippen molar-refractivity contribution in [1.29, 1.82) is 0 Å². The molecule has 0 bridgehead atoms. The summed E-state index contributed by atoms with van der Waals surface area (Å²) in [5.74, 6) is 0.689. The molecule has 2 aromatic heterocycles. The monoisotopic (exact) mass is 495 g/mol. The number of pyridine rings is 1. The zero-order chi connectivity index (χ0) is 25.6. The largest absolute Gasteiger partial charge is 0.441 e. The van der Waals surface area contributed by atoms with Crippen molar-refractivity contribution in [3.63, 3.8) is 0 Å². The molecule has 1 unspecified atom stereocenters. The molecule has 0 saturated carbocycles. The molecule has 0 aliphatic carbocycles. The molecule has 3 heterocycles. The van der Waals surface area contributed by atoms with E-state index in [9.17, 15) is 9.59 Å². The van der Waals surface area contributed by atoms with Gasteiger partial charge in [0.1, 0.15) is 17.5 Å². The minimum atomic E-state index is -0.392. The molecule has 2 N–H and O–H groups in total. The van der Waals surface area contributed by atoms with Gasteiger partial charge in [0.2, 0.25) is 11.8 Å². The zero-order valence-corrected chi connectivity index (χ0v) is 20.7. The topological polar surface area (TPSA) is 100 Å². The van der Waals surface area contributed by atoms with Gasteiger partial charge in [-0.05, 0) is 68.8 Å². The summed E-state index contributed by atoms with van der Waals surface area (Å²) >= 11 is 0. The Bertz CT molecular complexity index is 1360. The number of aryl methyl sites for hydroxylation is 1. The molecule has 4 aromatic rings. The molecule has 2 aromatic carbocycles. The maximum Gasteiger partial charge on any atom is 0.255 e. The van der Waals surface area contributed by atoms with E-state index >= 15 is 0 Å². The molecule has 5 rings (SSSR count). The van der Waals surface area contributed by atoms with Crippen molar-refractivity contribution in [1.82, 2.24) is 20.2 Å². The molecule has 1 aliphatic rings. The average molecular weight is 496 g/mol. The highest BCUT2D eigenvalue weighted by atomic mass is 16.4. The van der Waals surface area contributed by atoms with Crippen LogP contribution in [0.5, 0.6) is 0 Å². The van der Waals surface area contributed by atoms with Gasteiger partial charge < -0.3 is 15.1 Å². The Morgan fingerprint density at radius 2 is 1.76 bits per heavy atom. The minimum Gasteiger partial charge on any atom is -0.441 e. The Labute approximate surface area is 215 Å². The van der Waals surface area contributed by atoms with E-state index in [-0.39, 0.29) is 18.4 Å². The Morgan fingerprint density at radius 1 is 1.00 bits per heavy atom.